The highest BCUT2D eigenvalue weighted by atomic mass is 32.2. The summed E-state index contributed by atoms with van der Waals surface area (Å²) in [4.78, 5) is 12.0. The Morgan fingerprint density at radius 3 is 2.58 bits per heavy atom. The van der Waals surface area contributed by atoms with Gasteiger partial charge in [0, 0.05) is 18.5 Å². The third kappa shape index (κ3) is 3.72. The minimum atomic E-state index is -0.203. The van der Waals surface area contributed by atoms with Gasteiger partial charge in [-0.15, -0.1) is 10.2 Å². The summed E-state index contributed by atoms with van der Waals surface area (Å²) < 4.78 is 2.02. The van der Waals surface area contributed by atoms with Gasteiger partial charge < -0.3 is 9.88 Å². The van der Waals surface area contributed by atoms with E-state index in [4.69, 9.17) is 0 Å². The smallest absolute Gasteiger partial charge is 0.233 e. The molecule has 0 bridgehead atoms. The molecular weight excluding hydrogens is 260 g/mol. The van der Waals surface area contributed by atoms with Gasteiger partial charge in [0.25, 0.3) is 0 Å². The zero-order chi connectivity index (χ0) is 14.2. The van der Waals surface area contributed by atoms with Crippen molar-refractivity contribution >= 4 is 17.7 Å². The van der Waals surface area contributed by atoms with Crippen molar-refractivity contribution in [3.05, 3.63) is 5.82 Å². The molecule has 19 heavy (non-hydrogen) atoms. The molecule has 0 aromatic carbocycles. The fourth-order valence-electron chi connectivity index (χ4n) is 1.81. The third-order valence-corrected chi connectivity index (χ3v) is 4.09. The summed E-state index contributed by atoms with van der Waals surface area (Å²) in [6, 6.07) is 0. The first-order valence-corrected chi connectivity index (χ1v) is 7.54. The van der Waals surface area contributed by atoms with E-state index < -0.39 is 0 Å². The predicted octanol–water partition coefficient (Wildman–Crippen LogP) is 2.09. The molecule has 1 fully saturated rings. The molecule has 1 atom stereocenters. The van der Waals surface area contributed by atoms with E-state index in [1.165, 1.54) is 24.6 Å². The highest BCUT2D eigenvalue weighted by Crippen LogP contribution is 2.39. The van der Waals surface area contributed by atoms with Gasteiger partial charge in [-0.25, -0.2) is 0 Å². The molecule has 0 saturated heterocycles. The lowest BCUT2D eigenvalue weighted by molar-refractivity contribution is -0.121. The number of carbonyl (C=O) groups is 1. The first-order chi connectivity index (χ1) is 8.78. The van der Waals surface area contributed by atoms with Gasteiger partial charge in [-0.3, -0.25) is 4.79 Å². The number of rotatable bonds is 4. The Balaban J connectivity index is 1.98. The van der Waals surface area contributed by atoms with Crippen LogP contribution < -0.4 is 5.32 Å². The monoisotopic (exact) mass is 282 g/mol. The molecule has 1 amide bonds. The fourth-order valence-corrected chi connectivity index (χ4v) is 2.63. The van der Waals surface area contributed by atoms with Crippen LogP contribution in [0.15, 0.2) is 5.16 Å². The highest BCUT2D eigenvalue weighted by Gasteiger charge is 2.30. The lowest BCUT2D eigenvalue weighted by atomic mass is 10.1. The number of nitrogens with zero attached hydrogens (tertiary/aromatic N) is 3. The SMILES string of the molecule is C[C@@H](Sc1nnc(C2CC2)n1C)C(=O)NC(C)(C)C. The maximum atomic E-state index is 12.0. The molecule has 5 nitrogen and oxygen atoms in total. The van der Waals surface area contributed by atoms with Crippen LogP contribution in [0.5, 0.6) is 0 Å². The molecule has 1 aliphatic rings. The quantitative estimate of drug-likeness (QED) is 0.859. The van der Waals surface area contributed by atoms with E-state index in [9.17, 15) is 4.79 Å². The zero-order valence-corrected chi connectivity index (χ0v) is 13.0. The lowest BCUT2D eigenvalue weighted by Crippen LogP contribution is -2.44. The van der Waals surface area contributed by atoms with Crippen LogP contribution in [0.1, 0.15) is 52.3 Å². The van der Waals surface area contributed by atoms with E-state index >= 15 is 0 Å². The van der Waals surface area contributed by atoms with Gasteiger partial charge in [-0.1, -0.05) is 11.8 Å². The summed E-state index contributed by atoms with van der Waals surface area (Å²) in [5, 5.41) is 12.0. The molecule has 1 saturated carbocycles. The lowest BCUT2D eigenvalue weighted by Gasteiger charge is -2.22. The molecule has 2 rings (SSSR count). The van der Waals surface area contributed by atoms with Crippen LogP contribution in [0.25, 0.3) is 0 Å². The number of carbonyl (C=O) groups excluding carboxylic acids is 1. The summed E-state index contributed by atoms with van der Waals surface area (Å²) in [5.41, 5.74) is -0.203. The topological polar surface area (TPSA) is 59.8 Å². The first-order valence-electron chi connectivity index (χ1n) is 6.66. The van der Waals surface area contributed by atoms with E-state index in [-0.39, 0.29) is 16.7 Å². The van der Waals surface area contributed by atoms with Gasteiger partial charge in [0.15, 0.2) is 5.16 Å². The average Bonchev–Trinajstić information content (AvgIpc) is 3.04. The molecule has 1 aromatic heterocycles. The Morgan fingerprint density at radius 2 is 2.05 bits per heavy atom. The molecule has 0 radical (unpaired) electrons. The van der Waals surface area contributed by atoms with Crippen LogP contribution in [0, 0.1) is 0 Å². The van der Waals surface area contributed by atoms with Crippen LogP contribution in [-0.4, -0.2) is 31.5 Å². The Labute approximate surface area is 118 Å². The summed E-state index contributed by atoms with van der Waals surface area (Å²) in [5.74, 6) is 1.66. The molecular formula is C13H22N4OS. The Hall–Kier alpha value is -1.04. The van der Waals surface area contributed by atoms with Crippen LogP contribution in [0.4, 0.5) is 0 Å². The van der Waals surface area contributed by atoms with Gasteiger partial charge in [-0.2, -0.15) is 0 Å². The minimum Gasteiger partial charge on any atom is -0.351 e. The van der Waals surface area contributed by atoms with E-state index in [0.717, 1.165) is 11.0 Å². The van der Waals surface area contributed by atoms with Crippen molar-refractivity contribution < 1.29 is 4.79 Å². The number of aromatic nitrogens is 3. The number of hydrogen-bond acceptors (Lipinski definition) is 4. The summed E-state index contributed by atoms with van der Waals surface area (Å²) in [6.45, 7) is 7.85. The highest BCUT2D eigenvalue weighted by molar-refractivity contribution is 8.00. The standard InChI is InChI=1S/C13H22N4OS/c1-8(11(18)14-13(2,3)4)19-12-16-15-10(17(12)5)9-6-7-9/h8-9H,6-7H2,1-5H3,(H,14,18)/t8-/m1/s1. The Morgan fingerprint density at radius 1 is 1.42 bits per heavy atom. The van der Waals surface area contributed by atoms with Crippen molar-refractivity contribution in [2.24, 2.45) is 7.05 Å². The number of nitrogens with one attached hydrogen (secondary N) is 1. The third-order valence-electron chi connectivity index (χ3n) is 2.96. The van der Waals surface area contributed by atoms with E-state index in [1.54, 1.807) is 0 Å². The van der Waals surface area contributed by atoms with Crippen molar-refractivity contribution in [2.75, 3.05) is 0 Å². The maximum Gasteiger partial charge on any atom is 0.233 e. The molecule has 1 aliphatic carbocycles. The maximum absolute atomic E-state index is 12.0. The van der Waals surface area contributed by atoms with Crippen molar-refractivity contribution in [2.45, 2.75) is 62.4 Å². The van der Waals surface area contributed by atoms with Crippen molar-refractivity contribution in [1.29, 1.82) is 0 Å². The molecule has 6 heteroatoms. The minimum absolute atomic E-state index is 0.0356. The molecule has 1 aromatic rings. The van der Waals surface area contributed by atoms with Crippen molar-refractivity contribution in [1.82, 2.24) is 20.1 Å². The van der Waals surface area contributed by atoms with Crippen LogP contribution in [0.2, 0.25) is 0 Å². The van der Waals surface area contributed by atoms with E-state index in [1.807, 2.05) is 39.3 Å². The first kappa shape index (κ1) is 14.4. The van der Waals surface area contributed by atoms with Crippen LogP contribution in [0.3, 0.4) is 0 Å². The Kier molecular flexibility index (Phi) is 3.90. The molecule has 0 aliphatic heterocycles. The number of thioether (sulfide) groups is 1. The van der Waals surface area contributed by atoms with Crippen LogP contribution >= 0.6 is 11.8 Å². The number of amides is 1. The van der Waals surface area contributed by atoms with Gasteiger partial charge in [0.05, 0.1) is 5.25 Å². The normalized spacial score (nSPS) is 17.3. The second-order valence-electron chi connectivity index (χ2n) is 6.17. The van der Waals surface area contributed by atoms with Gasteiger partial charge in [-0.05, 0) is 40.5 Å². The number of hydrogen-bond donors (Lipinski definition) is 1. The Bertz CT molecular complexity index is 473. The second-order valence-corrected chi connectivity index (χ2v) is 7.48. The predicted molar refractivity (Wildman–Crippen MR) is 76.2 cm³/mol. The van der Waals surface area contributed by atoms with Crippen LogP contribution in [-0.2, 0) is 11.8 Å². The largest absolute Gasteiger partial charge is 0.351 e. The van der Waals surface area contributed by atoms with Gasteiger partial charge in [0.2, 0.25) is 5.91 Å². The molecule has 1 N–H and O–H groups in total. The molecule has 0 unspecified atom stereocenters. The van der Waals surface area contributed by atoms with Gasteiger partial charge >= 0.3 is 0 Å². The van der Waals surface area contributed by atoms with E-state index in [0.29, 0.717) is 5.92 Å². The molecule has 1 heterocycles. The molecule has 0 spiro atoms. The summed E-state index contributed by atoms with van der Waals surface area (Å²) in [7, 11) is 1.98. The van der Waals surface area contributed by atoms with Crippen molar-refractivity contribution in [3.8, 4) is 0 Å². The van der Waals surface area contributed by atoms with E-state index in [2.05, 4.69) is 15.5 Å². The second kappa shape index (κ2) is 5.15. The zero-order valence-electron chi connectivity index (χ0n) is 12.2. The fraction of sp³-hybridized carbons (Fsp3) is 0.769. The molecule has 106 valence electrons. The summed E-state index contributed by atoms with van der Waals surface area (Å²) >= 11 is 1.46. The van der Waals surface area contributed by atoms with Gasteiger partial charge in [0.1, 0.15) is 5.82 Å². The summed E-state index contributed by atoms with van der Waals surface area (Å²) in [6.07, 6.45) is 2.41. The average molecular weight is 282 g/mol. The van der Waals surface area contributed by atoms with Crippen molar-refractivity contribution in [3.63, 3.8) is 0 Å².